The highest BCUT2D eigenvalue weighted by atomic mass is 35.5. The number of aromatic nitrogens is 1. The van der Waals surface area contributed by atoms with Crippen LogP contribution in [-0.2, 0) is 10.0 Å². The predicted molar refractivity (Wildman–Crippen MR) is 95.7 cm³/mol. The Kier molecular flexibility index (Phi) is 7.43. The van der Waals surface area contributed by atoms with Crippen molar-refractivity contribution in [2.45, 2.75) is 31.0 Å². The molecule has 2 aromatic heterocycles. The van der Waals surface area contributed by atoms with Crippen LogP contribution in [0, 0.1) is 6.92 Å². The van der Waals surface area contributed by atoms with Gasteiger partial charge in [-0.1, -0.05) is 6.92 Å². The number of thiophene rings is 1. The van der Waals surface area contributed by atoms with Crippen molar-refractivity contribution in [3.05, 3.63) is 22.5 Å². The van der Waals surface area contributed by atoms with Crippen LogP contribution in [0.1, 0.15) is 18.9 Å². The third-order valence-electron chi connectivity index (χ3n) is 2.85. The minimum absolute atomic E-state index is 0. The van der Waals surface area contributed by atoms with Crippen molar-refractivity contribution in [2.75, 3.05) is 13.1 Å². The molecule has 2 aromatic rings. The van der Waals surface area contributed by atoms with Gasteiger partial charge in [0.15, 0.2) is 0 Å². The number of rotatable bonds is 7. The summed E-state index contributed by atoms with van der Waals surface area (Å²) in [5, 5.41) is 6.09. The van der Waals surface area contributed by atoms with Crippen molar-refractivity contribution in [3.8, 4) is 10.6 Å². The Balaban J connectivity index is 0.00000242. The SMILES string of the molecule is CCN[C@H](C)CNS(=O)(=O)c1ccc(-c2csc(C)n2)s1.Cl. The van der Waals surface area contributed by atoms with E-state index in [1.807, 2.05) is 26.2 Å². The van der Waals surface area contributed by atoms with Crippen LogP contribution in [0.4, 0.5) is 0 Å². The lowest BCUT2D eigenvalue weighted by Crippen LogP contribution is -2.38. The maximum absolute atomic E-state index is 12.2. The average molecular weight is 382 g/mol. The van der Waals surface area contributed by atoms with Crippen LogP contribution < -0.4 is 10.0 Å². The van der Waals surface area contributed by atoms with Gasteiger partial charge in [-0.15, -0.1) is 35.1 Å². The first kappa shape index (κ1) is 19.5. The van der Waals surface area contributed by atoms with Crippen LogP contribution in [0.5, 0.6) is 0 Å². The molecule has 2 heterocycles. The molecule has 0 bridgehead atoms. The second-order valence-corrected chi connectivity index (χ2v) is 8.82. The molecule has 0 fully saturated rings. The van der Waals surface area contributed by atoms with E-state index in [1.54, 1.807) is 23.5 Å². The van der Waals surface area contributed by atoms with Gasteiger partial charge in [0, 0.05) is 18.0 Å². The minimum Gasteiger partial charge on any atom is -0.313 e. The molecule has 0 radical (unpaired) electrons. The fourth-order valence-corrected chi connectivity index (χ4v) is 4.93. The van der Waals surface area contributed by atoms with Gasteiger partial charge in [-0.25, -0.2) is 18.1 Å². The van der Waals surface area contributed by atoms with Crippen molar-refractivity contribution in [1.82, 2.24) is 15.0 Å². The first-order chi connectivity index (χ1) is 9.92. The summed E-state index contributed by atoms with van der Waals surface area (Å²) >= 11 is 2.80. The summed E-state index contributed by atoms with van der Waals surface area (Å²) in [6.07, 6.45) is 0. The molecule has 0 aromatic carbocycles. The Bertz CT molecular complexity index is 697. The van der Waals surface area contributed by atoms with E-state index in [-0.39, 0.29) is 18.4 Å². The third kappa shape index (κ3) is 5.00. The fraction of sp³-hybridized carbons (Fsp3) is 0.462. The van der Waals surface area contributed by atoms with E-state index >= 15 is 0 Å². The number of hydrogen-bond acceptors (Lipinski definition) is 6. The molecule has 0 aliphatic rings. The topological polar surface area (TPSA) is 71.1 Å². The van der Waals surface area contributed by atoms with Crippen molar-refractivity contribution in [3.63, 3.8) is 0 Å². The van der Waals surface area contributed by atoms with Crippen molar-refractivity contribution >= 4 is 45.1 Å². The standard InChI is InChI=1S/C13H19N3O2S3.ClH/c1-4-14-9(2)7-15-21(17,18)13-6-5-12(20-13)11-8-19-10(3)16-11;/h5-6,8-9,14-15H,4,7H2,1-3H3;1H/t9-;/m1./s1. The summed E-state index contributed by atoms with van der Waals surface area (Å²) in [5.74, 6) is 0. The highest BCUT2D eigenvalue weighted by molar-refractivity contribution is 7.91. The molecule has 0 saturated carbocycles. The number of sulfonamides is 1. The Morgan fingerprint density at radius 1 is 1.36 bits per heavy atom. The molecule has 0 aliphatic heterocycles. The second kappa shape index (κ2) is 8.37. The number of thiazole rings is 1. The predicted octanol–water partition coefficient (Wildman–Crippen LogP) is 2.88. The number of halogens is 1. The van der Waals surface area contributed by atoms with Crippen LogP contribution in [0.2, 0.25) is 0 Å². The molecule has 5 nitrogen and oxygen atoms in total. The van der Waals surface area contributed by atoms with E-state index in [2.05, 4.69) is 15.0 Å². The second-order valence-electron chi connectivity index (χ2n) is 4.68. The quantitative estimate of drug-likeness (QED) is 0.773. The zero-order chi connectivity index (χ0) is 15.5. The van der Waals surface area contributed by atoms with Gasteiger partial charge in [-0.3, -0.25) is 0 Å². The van der Waals surface area contributed by atoms with Crippen LogP contribution in [0.3, 0.4) is 0 Å². The summed E-state index contributed by atoms with van der Waals surface area (Å²) in [6, 6.07) is 3.54. The number of hydrogen-bond donors (Lipinski definition) is 2. The lowest BCUT2D eigenvalue weighted by atomic mass is 10.3. The maximum atomic E-state index is 12.2. The van der Waals surface area contributed by atoms with Crippen LogP contribution in [0.15, 0.2) is 21.7 Å². The van der Waals surface area contributed by atoms with Gasteiger partial charge in [0.1, 0.15) is 4.21 Å². The summed E-state index contributed by atoms with van der Waals surface area (Å²) < 4.78 is 27.4. The van der Waals surface area contributed by atoms with Gasteiger partial charge >= 0.3 is 0 Å². The molecule has 124 valence electrons. The summed E-state index contributed by atoms with van der Waals surface area (Å²) in [4.78, 5) is 5.25. The lowest BCUT2D eigenvalue weighted by molar-refractivity contribution is 0.537. The molecule has 0 unspecified atom stereocenters. The van der Waals surface area contributed by atoms with E-state index in [9.17, 15) is 8.42 Å². The average Bonchev–Trinajstić information content (AvgIpc) is 3.05. The van der Waals surface area contributed by atoms with Crippen molar-refractivity contribution in [2.24, 2.45) is 0 Å². The van der Waals surface area contributed by atoms with E-state index in [1.165, 1.54) is 11.3 Å². The molecule has 9 heteroatoms. The molecular formula is C13H20ClN3O2S3. The van der Waals surface area contributed by atoms with Gasteiger partial charge in [0.25, 0.3) is 0 Å². The largest absolute Gasteiger partial charge is 0.313 e. The smallest absolute Gasteiger partial charge is 0.250 e. The number of nitrogens with zero attached hydrogens (tertiary/aromatic N) is 1. The summed E-state index contributed by atoms with van der Waals surface area (Å²) in [7, 11) is -3.45. The minimum atomic E-state index is -3.45. The van der Waals surface area contributed by atoms with E-state index < -0.39 is 10.0 Å². The van der Waals surface area contributed by atoms with Gasteiger partial charge in [-0.2, -0.15) is 0 Å². The molecule has 2 N–H and O–H groups in total. The zero-order valence-corrected chi connectivity index (χ0v) is 15.9. The molecule has 0 amide bonds. The van der Waals surface area contributed by atoms with Gasteiger partial charge < -0.3 is 5.32 Å². The van der Waals surface area contributed by atoms with E-state index in [0.717, 1.165) is 22.1 Å². The van der Waals surface area contributed by atoms with E-state index in [4.69, 9.17) is 0 Å². The van der Waals surface area contributed by atoms with Crippen molar-refractivity contribution < 1.29 is 8.42 Å². The first-order valence-corrected chi connectivity index (χ1v) is 9.85. The van der Waals surface area contributed by atoms with Gasteiger partial charge in [0.05, 0.1) is 15.6 Å². The summed E-state index contributed by atoms with van der Waals surface area (Å²) in [6.45, 7) is 7.06. The van der Waals surface area contributed by atoms with Gasteiger partial charge in [0.2, 0.25) is 10.0 Å². The Morgan fingerprint density at radius 3 is 2.68 bits per heavy atom. The Labute approximate surface area is 145 Å². The van der Waals surface area contributed by atoms with Crippen LogP contribution in [0.25, 0.3) is 10.6 Å². The molecular weight excluding hydrogens is 362 g/mol. The normalized spacial score (nSPS) is 12.9. The molecule has 2 rings (SSSR count). The number of nitrogens with one attached hydrogen (secondary N) is 2. The highest BCUT2D eigenvalue weighted by Gasteiger charge is 2.18. The maximum Gasteiger partial charge on any atom is 0.250 e. The number of aryl methyl sites for hydroxylation is 1. The van der Waals surface area contributed by atoms with Crippen LogP contribution in [-0.4, -0.2) is 32.5 Å². The molecule has 1 atom stereocenters. The molecule has 0 spiro atoms. The van der Waals surface area contributed by atoms with E-state index in [0.29, 0.717) is 10.8 Å². The summed E-state index contributed by atoms with van der Waals surface area (Å²) in [5.41, 5.74) is 0.838. The molecule has 22 heavy (non-hydrogen) atoms. The van der Waals surface area contributed by atoms with Crippen LogP contribution >= 0.6 is 35.1 Å². The molecule has 0 aliphatic carbocycles. The third-order valence-corrected chi connectivity index (χ3v) is 6.65. The highest BCUT2D eigenvalue weighted by Crippen LogP contribution is 2.31. The lowest BCUT2D eigenvalue weighted by Gasteiger charge is -2.12. The van der Waals surface area contributed by atoms with Gasteiger partial charge in [-0.05, 0) is 32.5 Å². The number of likely N-dealkylation sites (N-methyl/N-ethyl adjacent to an activating group) is 1. The fourth-order valence-electron chi connectivity index (χ4n) is 1.81. The monoisotopic (exact) mass is 381 g/mol. The Hall–Kier alpha value is -0.510. The zero-order valence-electron chi connectivity index (χ0n) is 12.6. The Morgan fingerprint density at radius 2 is 2.09 bits per heavy atom. The van der Waals surface area contributed by atoms with Crippen molar-refractivity contribution in [1.29, 1.82) is 0 Å². The molecule has 0 saturated heterocycles. The first-order valence-electron chi connectivity index (χ1n) is 6.67.